The molecule has 4 heteroatoms. The van der Waals surface area contributed by atoms with Gasteiger partial charge in [-0.2, -0.15) is 0 Å². The minimum absolute atomic E-state index is 0.0354. The van der Waals surface area contributed by atoms with Gasteiger partial charge in [-0.25, -0.2) is 4.79 Å². The van der Waals surface area contributed by atoms with Crippen LogP contribution in [-0.4, -0.2) is 22.8 Å². The minimum Gasteiger partial charge on any atom is -0.508 e. The molecular formula is C16H25NO3. The number of hydrogen-bond donors (Lipinski definition) is 2. The quantitative estimate of drug-likeness (QED) is 0.890. The van der Waals surface area contributed by atoms with E-state index in [1.54, 1.807) is 12.1 Å². The average molecular weight is 279 g/mol. The summed E-state index contributed by atoms with van der Waals surface area (Å²) in [7, 11) is 0. The molecule has 0 aliphatic carbocycles. The molecule has 1 rings (SSSR count). The van der Waals surface area contributed by atoms with Crippen molar-refractivity contribution in [3.05, 3.63) is 28.8 Å². The predicted octanol–water partition coefficient (Wildman–Crippen LogP) is 3.46. The van der Waals surface area contributed by atoms with E-state index in [1.807, 2.05) is 41.5 Å². The maximum Gasteiger partial charge on any atom is 0.407 e. The Balaban J connectivity index is 2.68. The normalized spacial score (nSPS) is 12.9. The lowest BCUT2D eigenvalue weighted by atomic mass is 9.96. The van der Waals surface area contributed by atoms with Crippen LogP contribution in [0.3, 0.4) is 0 Å². The van der Waals surface area contributed by atoms with E-state index in [1.165, 1.54) is 0 Å². The molecule has 0 radical (unpaired) electrons. The van der Waals surface area contributed by atoms with E-state index in [-0.39, 0.29) is 11.8 Å². The van der Waals surface area contributed by atoms with Crippen LogP contribution >= 0.6 is 0 Å². The van der Waals surface area contributed by atoms with E-state index in [9.17, 15) is 9.90 Å². The van der Waals surface area contributed by atoms with Gasteiger partial charge in [-0.1, -0.05) is 0 Å². The molecule has 0 aromatic heterocycles. The van der Waals surface area contributed by atoms with Crippen LogP contribution in [0.25, 0.3) is 0 Å². The van der Waals surface area contributed by atoms with Crippen molar-refractivity contribution in [1.82, 2.24) is 5.32 Å². The molecule has 0 aliphatic rings. The summed E-state index contributed by atoms with van der Waals surface area (Å²) in [5.41, 5.74) is 2.71. The van der Waals surface area contributed by atoms with E-state index in [0.717, 1.165) is 16.7 Å². The summed E-state index contributed by atoms with van der Waals surface area (Å²) in [5.74, 6) is 0.275. The number of phenols is 1. The molecule has 0 spiro atoms. The van der Waals surface area contributed by atoms with Gasteiger partial charge in [0.15, 0.2) is 0 Å². The van der Waals surface area contributed by atoms with Gasteiger partial charge in [-0.3, -0.25) is 0 Å². The van der Waals surface area contributed by atoms with Gasteiger partial charge in [0, 0.05) is 6.04 Å². The van der Waals surface area contributed by atoms with Crippen LogP contribution in [0.15, 0.2) is 12.1 Å². The van der Waals surface area contributed by atoms with Crippen molar-refractivity contribution in [1.29, 1.82) is 0 Å². The molecule has 4 nitrogen and oxygen atoms in total. The van der Waals surface area contributed by atoms with Crippen molar-refractivity contribution in [3.8, 4) is 5.75 Å². The molecule has 1 amide bonds. The lowest BCUT2D eigenvalue weighted by Gasteiger charge is -2.22. The zero-order valence-electron chi connectivity index (χ0n) is 13.2. The monoisotopic (exact) mass is 279 g/mol. The standard InChI is InChI=1S/C16H25NO3/c1-10-7-13(18)8-11(2)14(10)9-12(3)17-15(19)20-16(4,5)6/h7-8,12,18H,9H2,1-6H3,(H,17,19)/t12-/m1/s1. The van der Waals surface area contributed by atoms with Crippen LogP contribution in [0, 0.1) is 13.8 Å². The first-order valence-corrected chi connectivity index (χ1v) is 6.87. The van der Waals surface area contributed by atoms with Crippen molar-refractivity contribution in [2.45, 2.75) is 59.6 Å². The van der Waals surface area contributed by atoms with E-state index >= 15 is 0 Å². The molecule has 0 unspecified atom stereocenters. The van der Waals surface area contributed by atoms with Gasteiger partial charge in [0.05, 0.1) is 0 Å². The van der Waals surface area contributed by atoms with Gasteiger partial charge in [0.25, 0.3) is 0 Å². The zero-order chi connectivity index (χ0) is 15.5. The van der Waals surface area contributed by atoms with E-state index in [0.29, 0.717) is 6.42 Å². The number of amides is 1. The van der Waals surface area contributed by atoms with Crippen molar-refractivity contribution in [3.63, 3.8) is 0 Å². The third-order valence-corrected chi connectivity index (χ3v) is 2.95. The number of rotatable bonds is 3. The summed E-state index contributed by atoms with van der Waals surface area (Å²) >= 11 is 0. The first-order chi connectivity index (χ1) is 9.08. The Kier molecular flexibility index (Phi) is 5.03. The van der Waals surface area contributed by atoms with Crippen molar-refractivity contribution in [2.24, 2.45) is 0 Å². The Morgan fingerprint density at radius 3 is 2.25 bits per heavy atom. The van der Waals surface area contributed by atoms with Crippen molar-refractivity contribution < 1.29 is 14.6 Å². The maximum absolute atomic E-state index is 11.7. The van der Waals surface area contributed by atoms with Gasteiger partial charge < -0.3 is 15.2 Å². The van der Waals surface area contributed by atoms with Crippen LogP contribution in [0.5, 0.6) is 5.75 Å². The highest BCUT2D eigenvalue weighted by Crippen LogP contribution is 2.22. The van der Waals surface area contributed by atoms with Crippen molar-refractivity contribution in [2.75, 3.05) is 0 Å². The van der Waals surface area contributed by atoms with Crippen LogP contribution in [0.1, 0.15) is 44.4 Å². The van der Waals surface area contributed by atoms with E-state index in [2.05, 4.69) is 5.32 Å². The largest absolute Gasteiger partial charge is 0.508 e. The van der Waals surface area contributed by atoms with Gasteiger partial charge in [0.1, 0.15) is 11.4 Å². The third kappa shape index (κ3) is 5.11. The number of carbonyl (C=O) groups is 1. The average Bonchev–Trinajstić information content (AvgIpc) is 2.20. The molecule has 20 heavy (non-hydrogen) atoms. The molecule has 0 aliphatic heterocycles. The molecular weight excluding hydrogens is 254 g/mol. The second kappa shape index (κ2) is 6.16. The molecule has 1 aromatic carbocycles. The summed E-state index contributed by atoms with van der Waals surface area (Å²) in [5, 5.41) is 12.4. The predicted molar refractivity (Wildman–Crippen MR) is 80.1 cm³/mol. The second-order valence-electron chi connectivity index (χ2n) is 6.31. The number of carbonyl (C=O) groups excluding carboxylic acids is 1. The molecule has 112 valence electrons. The van der Waals surface area contributed by atoms with E-state index < -0.39 is 11.7 Å². The number of aromatic hydroxyl groups is 1. The lowest BCUT2D eigenvalue weighted by Crippen LogP contribution is -2.38. The molecule has 1 aromatic rings. The zero-order valence-corrected chi connectivity index (χ0v) is 13.2. The Morgan fingerprint density at radius 2 is 1.80 bits per heavy atom. The molecule has 0 saturated heterocycles. The number of nitrogens with one attached hydrogen (secondary N) is 1. The summed E-state index contributed by atoms with van der Waals surface area (Å²) in [6.45, 7) is 11.4. The summed E-state index contributed by atoms with van der Waals surface area (Å²) in [4.78, 5) is 11.7. The molecule has 2 N–H and O–H groups in total. The van der Waals surface area contributed by atoms with Crippen molar-refractivity contribution >= 4 is 6.09 Å². The Hall–Kier alpha value is -1.71. The van der Waals surface area contributed by atoms with E-state index in [4.69, 9.17) is 4.74 Å². The lowest BCUT2D eigenvalue weighted by molar-refractivity contribution is 0.0508. The molecule has 0 fully saturated rings. The highest BCUT2D eigenvalue weighted by molar-refractivity contribution is 5.68. The number of ether oxygens (including phenoxy) is 1. The van der Waals surface area contributed by atoms with Crippen LogP contribution in [-0.2, 0) is 11.2 Å². The summed E-state index contributed by atoms with van der Waals surface area (Å²) in [6.07, 6.45) is 0.302. The first-order valence-electron chi connectivity index (χ1n) is 6.87. The smallest absolute Gasteiger partial charge is 0.407 e. The number of alkyl carbamates (subject to hydrolysis) is 1. The van der Waals surface area contributed by atoms with Crippen LogP contribution < -0.4 is 5.32 Å². The van der Waals surface area contributed by atoms with Gasteiger partial charge in [-0.15, -0.1) is 0 Å². The third-order valence-electron chi connectivity index (χ3n) is 2.95. The van der Waals surface area contributed by atoms with Gasteiger partial charge >= 0.3 is 6.09 Å². The summed E-state index contributed by atoms with van der Waals surface area (Å²) in [6, 6.07) is 3.44. The first kappa shape index (κ1) is 16.3. The number of benzene rings is 1. The fourth-order valence-corrected chi connectivity index (χ4v) is 2.16. The van der Waals surface area contributed by atoms with Gasteiger partial charge in [-0.05, 0) is 76.8 Å². The SMILES string of the molecule is Cc1cc(O)cc(C)c1C[C@@H](C)NC(=O)OC(C)(C)C. The highest BCUT2D eigenvalue weighted by atomic mass is 16.6. The van der Waals surface area contributed by atoms with Crippen LogP contribution in [0.4, 0.5) is 4.79 Å². The Labute approximate surface area is 121 Å². The number of phenolic OH excluding ortho intramolecular Hbond substituents is 1. The summed E-state index contributed by atoms with van der Waals surface area (Å²) < 4.78 is 5.24. The highest BCUT2D eigenvalue weighted by Gasteiger charge is 2.18. The minimum atomic E-state index is -0.492. The fraction of sp³-hybridized carbons (Fsp3) is 0.562. The van der Waals surface area contributed by atoms with Gasteiger partial charge in [0.2, 0.25) is 0 Å². The molecule has 0 bridgehead atoms. The molecule has 0 heterocycles. The molecule has 1 atom stereocenters. The number of hydrogen-bond acceptors (Lipinski definition) is 3. The maximum atomic E-state index is 11.7. The van der Waals surface area contributed by atoms with Crippen LogP contribution in [0.2, 0.25) is 0 Å². The topological polar surface area (TPSA) is 58.6 Å². The Morgan fingerprint density at radius 1 is 1.30 bits per heavy atom. The fourth-order valence-electron chi connectivity index (χ4n) is 2.16. The number of aryl methyl sites for hydroxylation is 2. The second-order valence-corrected chi connectivity index (χ2v) is 6.31. The Bertz CT molecular complexity index is 466. The molecule has 0 saturated carbocycles.